The molecule has 2 aliphatic carbocycles. The van der Waals surface area contributed by atoms with Crippen LogP contribution in [0.5, 0.6) is 0 Å². The molecule has 1 fully saturated rings. The molecular weight excluding hydrogens is 630 g/mol. The van der Waals surface area contributed by atoms with Gasteiger partial charge < -0.3 is 9.31 Å². The van der Waals surface area contributed by atoms with E-state index in [4.69, 9.17) is 9.31 Å². The summed E-state index contributed by atoms with van der Waals surface area (Å²) in [6, 6.07) is 29.5. The molecule has 1 saturated heterocycles. The first-order valence-corrected chi connectivity index (χ1v) is 20.9. The van der Waals surface area contributed by atoms with E-state index in [0.717, 1.165) is 18.3 Å². The van der Waals surface area contributed by atoms with Crippen molar-refractivity contribution in [3.05, 3.63) is 106 Å². The predicted octanol–water partition coefficient (Wildman–Crippen LogP) is 11.4. The van der Waals surface area contributed by atoms with Crippen LogP contribution in [0.1, 0.15) is 152 Å². The Labute approximate surface area is 316 Å². The SMILES string of the molecule is C[B]c1ccc2c(c1)C1(c3cc(B4OCCO4)ccc3-2)c2cc(C(C)(CC)CCCCCC)ccc2-c2ccc(C(C)(CC)CCCCCC)cc21. The minimum atomic E-state index is -0.428. The van der Waals surface area contributed by atoms with Crippen LogP contribution in [0.4, 0.5) is 0 Å². The first-order chi connectivity index (χ1) is 25.3. The number of benzene rings is 4. The minimum absolute atomic E-state index is 0.125. The van der Waals surface area contributed by atoms with Crippen molar-refractivity contribution in [2.45, 2.75) is 142 Å². The average Bonchev–Trinajstić information content (AvgIpc) is 3.90. The standard InChI is InChI=1S/C48H61B2O2/c1-8-12-14-16-26-46(5,10-3)34-18-22-38-39-23-19-35(47(6,11-4)27-17-15-13-9-2)31-43(39)48(42(38)30-34)44-32-36(49-7)20-24-40(44)41-25-21-37(33-45(41)48)50-51-28-29-52-50/h18-25,30-33H,8-17,26-29H2,1-7H3. The van der Waals surface area contributed by atoms with Gasteiger partial charge in [-0.25, -0.2) is 0 Å². The molecule has 0 aromatic heterocycles. The van der Waals surface area contributed by atoms with E-state index in [1.807, 2.05) is 0 Å². The lowest BCUT2D eigenvalue weighted by atomic mass is 9.64. The molecule has 4 aromatic rings. The molecule has 1 heterocycles. The molecule has 1 aliphatic heterocycles. The summed E-state index contributed by atoms with van der Waals surface area (Å²) in [4.78, 5) is 0. The van der Waals surface area contributed by atoms with Crippen molar-refractivity contribution in [3.8, 4) is 22.3 Å². The molecular formula is C48H61B2O2. The maximum atomic E-state index is 6.14. The molecule has 3 aliphatic rings. The Kier molecular flexibility index (Phi) is 11.0. The maximum absolute atomic E-state index is 6.14. The number of hydrogen-bond donors (Lipinski definition) is 0. The van der Waals surface area contributed by atoms with Crippen LogP contribution in [0.2, 0.25) is 6.82 Å². The van der Waals surface area contributed by atoms with E-state index in [2.05, 4.69) is 128 Å². The van der Waals surface area contributed by atoms with Gasteiger partial charge in [-0.2, -0.15) is 0 Å². The van der Waals surface area contributed by atoms with Crippen LogP contribution in [0.15, 0.2) is 72.8 Å². The normalized spacial score (nSPS) is 19.2. The minimum Gasteiger partial charge on any atom is -0.405 e. The van der Waals surface area contributed by atoms with Crippen molar-refractivity contribution in [1.29, 1.82) is 0 Å². The Morgan fingerprint density at radius 3 is 1.52 bits per heavy atom. The highest BCUT2D eigenvalue weighted by atomic mass is 16.6. The lowest BCUT2D eigenvalue weighted by molar-refractivity contribution is 0.365. The smallest absolute Gasteiger partial charge is 0.405 e. The van der Waals surface area contributed by atoms with Crippen molar-refractivity contribution in [2.75, 3.05) is 13.2 Å². The van der Waals surface area contributed by atoms with Gasteiger partial charge in [0.05, 0.1) is 18.6 Å². The molecule has 0 N–H and O–H groups in total. The van der Waals surface area contributed by atoms with Gasteiger partial charge in [-0.05, 0) is 97.6 Å². The van der Waals surface area contributed by atoms with Gasteiger partial charge in [0.25, 0.3) is 0 Å². The van der Waals surface area contributed by atoms with Crippen molar-refractivity contribution < 1.29 is 9.31 Å². The lowest BCUT2D eigenvalue weighted by Gasteiger charge is -2.35. The van der Waals surface area contributed by atoms with E-state index in [1.165, 1.54) is 125 Å². The third-order valence-electron chi connectivity index (χ3n) is 13.7. The van der Waals surface area contributed by atoms with Gasteiger partial charge in [-0.3, -0.25) is 0 Å². The molecule has 4 heteroatoms. The fraction of sp³-hybridized carbons (Fsp3) is 0.500. The Bertz CT molecular complexity index is 1810. The van der Waals surface area contributed by atoms with Gasteiger partial charge in [0.2, 0.25) is 0 Å². The van der Waals surface area contributed by atoms with E-state index in [0.29, 0.717) is 13.2 Å². The molecule has 1 radical (unpaired) electrons. The van der Waals surface area contributed by atoms with Gasteiger partial charge in [-0.1, -0.05) is 178 Å². The molecule has 2 atom stereocenters. The van der Waals surface area contributed by atoms with Crippen LogP contribution in [0.25, 0.3) is 22.3 Å². The monoisotopic (exact) mass is 691 g/mol. The summed E-state index contributed by atoms with van der Waals surface area (Å²) in [6.45, 7) is 17.9. The topological polar surface area (TPSA) is 18.5 Å². The molecule has 2 unspecified atom stereocenters. The van der Waals surface area contributed by atoms with Crippen LogP contribution in [-0.2, 0) is 25.6 Å². The van der Waals surface area contributed by atoms with Crippen LogP contribution < -0.4 is 10.9 Å². The van der Waals surface area contributed by atoms with Gasteiger partial charge in [-0.15, -0.1) is 0 Å². The Morgan fingerprint density at radius 1 is 0.577 bits per heavy atom. The van der Waals surface area contributed by atoms with Crippen LogP contribution in [0.3, 0.4) is 0 Å². The second kappa shape index (κ2) is 15.3. The lowest BCUT2D eigenvalue weighted by Crippen LogP contribution is -2.34. The third kappa shape index (κ3) is 6.24. The summed E-state index contributed by atoms with van der Waals surface area (Å²) in [6.07, 6.45) is 15.1. The average molecular weight is 692 g/mol. The van der Waals surface area contributed by atoms with Crippen molar-refractivity contribution in [1.82, 2.24) is 0 Å². The molecule has 1 spiro atoms. The van der Waals surface area contributed by atoms with Crippen molar-refractivity contribution in [3.63, 3.8) is 0 Å². The van der Waals surface area contributed by atoms with Crippen LogP contribution in [-0.4, -0.2) is 27.6 Å². The van der Waals surface area contributed by atoms with Gasteiger partial charge >= 0.3 is 7.12 Å². The molecule has 0 saturated carbocycles. The van der Waals surface area contributed by atoms with Gasteiger partial charge in [0.15, 0.2) is 0 Å². The zero-order chi connectivity index (χ0) is 36.5. The Morgan fingerprint density at radius 2 is 1.04 bits per heavy atom. The number of fused-ring (bicyclic) bond motifs is 10. The maximum Gasteiger partial charge on any atom is 0.494 e. The highest BCUT2D eigenvalue weighted by Gasteiger charge is 2.53. The number of unbranched alkanes of at least 4 members (excludes halogenated alkanes) is 6. The number of hydrogen-bond acceptors (Lipinski definition) is 2. The Hall–Kier alpha value is -3.07. The zero-order valence-corrected chi connectivity index (χ0v) is 33.3. The fourth-order valence-corrected chi connectivity index (χ4v) is 9.83. The molecule has 52 heavy (non-hydrogen) atoms. The zero-order valence-electron chi connectivity index (χ0n) is 33.3. The molecule has 0 amide bonds. The highest BCUT2D eigenvalue weighted by Crippen LogP contribution is 2.63. The molecule has 271 valence electrons. The summed E-state index contributed by atoms with van der Waals surface area (Å²) in [5.41, 5.74) is 16.4. The predicted molar refractivity (Wildman–Crippen MR) is 224 cm³/mol. The van der Waals surface area contributed by atoms with Crippen LogP contribution in [0, 0.1) is 0 Å². The third-order valence-corrected chi connectivity index (χ3v) is 13.7. The van der Waals surface area contributed by atoms with E-state index in [-0.39, 0.29) is 17.9 Å². The van der Waals surface area contributed by atoms with E-state index < -0.39 is 5.41 Å². The summed E-state index contributed by atoms with van der Waals surface area (Å²) in [5.74, 6) is 0. The summed E-state index contributed by atoms with van der Waals surface area (Å²) < 4.78 is 12.3. The molecule has 4 aromatic carbocycles. The molecule has 0 bridgehead atoms. The second-order valence-corrected chi connectivity index (χ2v) is 16.7. The van der Waals surface area contributed by atoms with Gasteiger partial charge in [0.1, 0.15) is 7.28 Å². The summed E-state index contributed by atoms with van der Waals surface area (Å²) in [5, 5.41) is 0. The van der Waals surface area contributed by atoms with Crippen molar-refractivity contribution in [2.24, 2.45) is 0 Å². The largest absolute Gasteiger partial charge is 0.494 e. The summed E-state index contributed by atoms with van der Waals surface area (Å²) in [7, 11) is 1.95. The van der Waals surface area contributed by atoms with Gasteiger partial charge in [0, 0.05) is 0 Å². The quantitative estimate of drug-likeness (QED) is 0.0743. The first kappa shape index (κ1) is 37.3. The van der Waals surface area contributed by atoms with Crippen LogP contribution >= 0.6 is 0 Å². The summed E-state index contributed by atoms with van der Waals surface area (Å²) >= 11 is 0. The van der Waals surface area contributed by atoms with E-state index >= 15 is 0 Å². The molecule has 7 rings (SSSR count). The first-order valence-electron chi connectivity index (χ1n) is 20.9. The number of rotatable bonds is 16. The Balaban J connectivity index is 1.49. The second-order valence-electron chi connectivity index (χ2n) is 16.7. The van der Waals surface area contributed by atoms with E-state index in [9.17, 15) is 0 Å². The highest BCUT2D eigenvalue weighted by molar-refractivity contribution is 6.61. The van der Waals surface area contributed by atoms with Crippen molar-refractivity contribution >= 4 is 25.3 Å². The van der Waals surface area contributed by atoms with E-state index in [1.54, 1.807) is 0 Å². The molecule has 2 nitrogen and oxygen atoms in total. The fourth-order valence-electron chi connectivity index (χ4n) is 9.83.